The van der Waals surface area contributed by atoms with Crippen LogP contribution < -0.4 is 10.6 Å². The highest BCUT2D eigenvalue weighted by Crippen LogP contribution is 2.47. The molecule has 1 aliphatic rings. The van der Waals surface area contributed by atoms with Gasteiger partial charge in [0.1, 0.15) is 0 Å². The number of benzene rings is 2. The van der Waals surface area contributed by atoms with Gasteiger partial charge in [0, 0.05) is 12.7 Å². The number of amides is 2. The monoisotopic (exact) mass is 424 g/mol. The number of nitrogens with one attached hydrogen (secondary N) is 2. The van der Waals surface area contributed by atoms with Gasteiger partial charge >= 0.3 is 11.9 Å². The van der Waals surface area contributed by atoms with E-state index < -0.39 is 47.4 Å². The van der Waals surface area contributed by atoms with E-state index >= 15 is 0 Å². The minimum Gasteiger partial charge on any atom is -0.481 e. The van der Waals surface area contributed by atoms with E-state index in [9.17, 15) is 29.4 Å². The van der Waals surface area contributed by atoms with E-state index in [-0.39, 0.29) is 0 Å². The van der Waals surface area contributed by atoms with Crippen molar-refractivity contribution in [1.82, 2.24) is 5.32 Å². The lowest BCUT2D eigenvalue weighted by Crippen LogP contribution is -2.62. The zero-order valence-corrected chi connectivity index (χ0v) is 17.2. The normalized spacial score (nSPS) is 22.1. The maximum absolute atomic E-state index is 12.8. The molecule has 1 aliphatic carbocycles. The fraction of sp³-hybridized carbons (Fsp3) is 0.304. The van der Waals surface area contributed by atoms with Gasteiger partial charge in [0.05, 0.1) is 23.7 Å². The van der Waals surface area contributed by atoms with Crippen molar-refractivity contribution >= 4 is 29.4 Å². The van der Waals surface area contributed by atoms with Crippen LogP contribution in [0.25, 0.3) is 0 Å². The van der Waals surface area contributed by atoms with Gasteiger partial charge in [0.2, 0.25) is 11.8 Å². The molecule has 4 N–H and O–H groups in total. The van der Waals surface area contributed by atoms with Crippen molar-refractivity contribution in [1.29, 1.82) is 0 Å². The topological polar surface area (TPSA) is 133 Å². The molecule has 3 rings (SSSR count). The molecule has 8 heteroatoms. The first-order chi connectivity index (χ1) is 14.7. The summed E-state index contributed by atoms with van der Waals surface area (Å²) in [7, 11) is 1.32. The van der Waals surface area contributed by atoms with Gasteiger partial charge in [-0.25, -0.2) is 0 Å². The molecule has 2 amide bonds. The molecule has 2 aromatic rings. The van der Waals surface area contributed by atoms with Crippen LogP contribution >= 0.6 is 0 Å². The second-order valence-corrected chi connectivity index (χ2v) is 7.74. The first-order valence-electron chi connectivity index (χ1n) is 9.85. The predicted octanol–water partition coefficient (Wildman–Crippen LogP) is 1.92. The summed E-state index contributed by atoms with van der Waals surface area (Å²) in [6.07, 6.45) is 0.720. The van der Waals surface area contributed by atoms with E-state index in [0.717, 1.165) is 17.5 Å². The number of hydrogen-bond donors (Lipinski definition) is 4. The number of carbonyl (C=O) groups is 4. The zero-order chi connectivity index (χ0) is 22.7. The van der Waals surface area contributed by atoms with E-state index in [1.807, 2.05) is 43.3 Å². The number of carboxylic acid groups (broad SMARTS) is 2. The van der Waals surface area contributed by atoms with Gasteiger partial charge < -0.3 is 20.8 Å². The van der Waals surface area contributed by atoms with E-state index in [4.69, 9.17) is 0 Å². The largest absolute Gasteiger partial charge is 0.481 e. The predicted molar refractivity (Wildman–Crippen MR) is 112 cm³/mol. The summed E-state index contributed by atoms with van der Waals surface area (Å²) in [5, 5.41) is 23.7. The lowest BCUT2D eigenvalue weighted by molar-refractivity contribution is -0.180. The van der Waals surface area contributed by atoms with Crippen molar-refractivity contribution in [3.05, 3.63) is 65.2 Å². The van der Waals surface area contributed by atoms with Gasteiger partial charge in [-0.2, -0.15) is 0 Å². The number of hydrogen-bond acceptors (Lipinski definition) is 4. The van der Waals surface area contributed by atoms with E-state index in [0.29, 0.717) is 5.69 Å². The van der Waals surface area contributed by atoms with Crippen LogP contribution in [0.1, 0.15) is 16.7 Å². The highest BCUT2D eigenvalue weighted by molar-refractivity contribution is 6.03. The Balaban J connectivity index is 1.73. The molecule has 2 aromatic carbocycles. The molecule has 4 atom stereocenters. The van der Waals surface area contributed by atoms with Gasteiger partial charge in [-0.1, -0.05) is 42.0 Å². The first kappa shape index (κ1) is 22.0. The maximum atomic E-state index is 12.8. The number of anilines is 1. The summed E-state index contributed by atoms with van der Waals surface area (Å²) in [6.45, 7) is 2.02. The summed E-state index contributed by atoms with van der Waals surface area (Å²) >= 11 is 0. The number of rotatable bonds is 7. The van der Waals surface area contributed by atoms with Crippen molar-refractivity contribution < 1.29 is 29.4 Å². The summed E-state index contributed by atoms with van der Waals surface area (Å²) < 4.78 is 0. The number of carboxylic acids is 2. The fourth-order valence-electron chi connectivity index (χ4n) is 4.05. The van der Waals surface area contributed by atoms with Gasteiger partial charge in [-0.15, -0.1) is 0 Å². The molecule has 0 spiro atoms. The zero-order valence-electron chi connectivity index (χ0n) is 17.2. The van der Waals surface area contributed by atoms with Gasteiger partial charge in [-0.05, 0) is 36.6 Å². The third-order valence-electron chi connectivity index (χ3n) is 5.72. The lowest BCUT2D eigenvalue weighted by Gasteiger charge is -2.45. The Hall–Kier alpha value is -3.68. The van der Waals surface area contributed by atoms with Crippen LogP contribution in [0.4, 0.5) is 5.69 Å². The summed E-state index contributed by atoms with van der Waals surface area (Å²) in [4.78, 5) is 48.0. The van der Waals surface area contributed by atoms with Crippen molar-refractivity contribution in [2.45, 2.75) is 13.3 Å². The molecule has 0 bridgehead atoms. The molecule has 8 nitrogen and oxygen atoms in total. The quantitative estimate of drug-likeness (QED) is 0.537. The van der Waals surface area contributed by atoms with Crippen molar-refractivity contribution in [2.24, 2.45) is 23.7 Å². The molecule has 0 aromatic heterocycles. The fourth-order valence-corrected chi connectivity index (χ4v) is 4.05. The molecule has 0 heterocycles. The Morgan fingerprint density at radius 2 is 1.19 bits per heavy atom. The highest BCUT2D eigenvalue weighted by atomic mass is 16.4. The molecule has 4 unspecified atom stereocenters. The molecular formula is C23H24N2O6. The molecule has 1 saturated carbocycles. The van der Waals surface area contributed by atoms with Crippen LogP contribution in [-0.2, 0) is 25.6 Å². The molecule has 0 aliphatic heterocycles. The van der Waals surface area contributed by atoms with Crippen LogP contribution in [0.3, 0.4) is 0 Å². The third-order valence-corrected chi connectivity index (χ3v) is 5.72. The van der Waals surface area contributed by atoms with Crippen LogP contribution in [0.2, 0.25) is 0 Å². The molecule has 31 heavy (non-hydrogen) atoms. The van der Waals surface area contributed by atoms with Crippen molar-refractivity contribution in [3.63, 3.8) is 0 Å². The minimum atomic E-state index is -1.47. The van der Waals surface area contributed by atoms with E-state index in [1.54, 1.807) is 12.1 Å². The van der Waals surface area contributed by atoms with Crippen molar-refractivity contribution in [2.75, 3.05) is 12.4 Å². The Morgan fingerprint density at radius 1 is 0.742 bits per heavy atom. The second kappa shape index (κ2) is 8.99. The van der Waals surface area contributed by atoms with Crippen molar-refractivity contribution in [3.8, 4) is 0 Å². The summed E-state index contributed by atoms with van der Waals surface area (Å²) in [5.41, 5.74) is 3.80. The van der Waals surface area contributed by atoms with Gasteiger partial charge in [0.25, 0.3) is 0 Å². The second-order valence-electron chi connectivity index (χ2n) is 7.74. The van der Waals surface area contributed by atoms with E-state index in [1.165, 1.54) is 12.6 Å². The molecular weight excluding hydrogens is 400 g/mol. The highest BCUT2D eigenvalue weighted by Gasteiger charge is 2.63. The third kappa shape index (κ3) is 4.58. The molecule has 0 radical (unpaired) electrons. The van der Waals surface area contributed by atoms with E-state index in [2.05, 4.69) is 10.6 Å². The van der Waals surface area contributed by atoms with Gasteiger partial charge in [0.15, 0.2) is 0 Å². The molecule has 1 fully saturated rings. The Bertz CT molecular complexity index is 1000. The Labute approximate surface area is 179 Å². The maximum Gasteiger partial charge on any atom is 0.308 e. The van der Waals surface area contributed by atoms with Crippen LogP contribution in [-0.4, -0.2) is 41.0 Å². The Kier molecular flexibility index (Phi) is 6.39. The standard InChI is InChI=1S/C23H24N2O6/c1-12-3-5-13(6-4-12)11-14-7-9-15(10-8-14)25-21(27)17-16(20(26)24-2)18(22(28)29)19(17)23(30)31/h3-10,16-19H,11H2,1-2H3,(H,24,26)(H,25,27)(H,28,29)(H,30,31). The number of aryl methyl sites for hydroxylation is 1. The molecule has 162 valence electrons. The average molecular weight is 424 g/mol. The minimum absolute atomic E-state index is 0.441. The lowest BCUT2D eigenvalue weighted by atomic mass is 9.55. The van der Waals surface area contributed by atoms with Gasteiger partial charge in [-0.3, -0.25) is 19.2 Å². The summed E-state index contributed by atoms with van der Waals surface area (Å²) in [5.74, 6) is -9.63. The molecule has 0 saturated heterocycles. The summed E-state index contributed by atoms with van der Waals surface area (Å²) in [6, 6.07) is 15.3. The smallest absolute Gasteiger partial charge is 0.308 e. The van der Waals surface area contributed by atoms with Crippen LogP contribution in [0.5, 0.6) is 0 Å². The average Bonchev–Trinajstić information content (AvgIpc) is 2.69. The Morgan fingerprint density at radius 3 is 1.65 bits per heavy atom. The number of carbonyl (C=O) groups excluding carboxylic acids is 2. The van der Waals surface area contributed by atoms with Crippen LogP contribution in [0.15, 0.2) is 48.5 Å². The SMILES string of the molecule is CNC(=O)C1C(C(=O)O)C(C(=O)O)C1C(=O)Nc1ccc(Cc2ccc(C)cc2)cc1. The number of aliphatic carboxylic acids is 2. The van der Waals surface area contributed by atoms with Crippen LogP contribution in [0, 0.1) is 30.6 Å². The first-order valence-corrected chi connectivity index (χ1v) is 9.85.